The second-order valence-electron chi connectivity index (χ2n) is 3.57. The predicted molar refractivity (Wildman–Crippen MR) is 69.8 cm³/mol. The van der Waals surface area contributed by atoms with E-state index in [-0.39, 0.29) is 0 Å². The Morgan fingerprint density at radius 2 is 1.94 bits per heavy atom. The molecule has 0 unspecified atom stereocenters. The van der Waals surface area contributed by atoms with E-state index in [2.05, 4.69) is 18.3 Å². The lowest BCUT2D eigenvalue weighted by molar-refractivity contribution is 0.317. The van der Waals surface area contributed by atoms with E-state index in [0.717, 1.165) is 0 Å². The van der Waals surface area contributed by atoms with Gasteiger partial charge in [-0.2, -0.15) is 0 Å². The van der Waals surface area contributed by atoms with Gasteiger partial charge in [0.1, 0.15) is 19.0 Å². The molecule has 0 aliphatic carbocycles. The van der Waals surface area contributed by atoms with Crippen molar-refractivity contribution in [2.45, 2.75) is 0 Å². The number of nitrogens with two attached hydrogens (primary N) is 1. The van der Waals surface area contributed by atoms with Crippen molar-refractivity contribution >= 4 is 16.7 Å². The van der Waals surface area contributed by atoms with Crippen LogP contribution in [0.1, 0.15) is 0 Å². The number of nitrogens with zero attached hydrogens (tertiary/aromatic N) is 1. The molecule has 0 aliphatic heterocycles. The number of hydrogen-bond donors (Lipinski definition) is 1. The Balaban J connectivity index is 2.35. The molecule has 0 spiro atoms. The quantitative estimate of drug-likeness (QED) is 0.626. The van der Waals surface area contributed by atoms with E-state index in [1.807, 2.05) is 0 Å². The zero-order valence-corrected chi connectivity index (χ0v) is 9.89. The van der Waals surface area contributed by atoms with Crippen LogP contribution in [0.15, 0.2) is 42.0 Å². The number of ether oxygens (including phenoxy) is 2. The lowest BCUT2D eigenvalue weighted by Gasteiger charge is -2.06. The van der Waals surface area contributed by atoms with Gasteiger partial charge in [-0.05, 0) is 11.2 Å². The zero-order chi connectivity index (χ0) is 13.0. The van der Waals surface area contributed by atoms with E-state index >= 15 is 0 Å². The van der Waals surface area contributed by atoms with Crippen molar-refractivity contribution in [2.24, 2.45) is 0 Å². The molecule has 0 amide bonds. The van der Waals surface area contributed by atoms with Crippen LogP contribution in [0.2, 0.25) is 0 Å². The van der Waals surface area contributed by atoms with Crippen molar-refractivity contribution in [1.82, 2.24) is 5.16 Å². The first kappa shape index (κ1) is 12.0. The molecule has 0 bridgehead atoms. The summed E-state index contributed by atoms with van der Waals surface area (Å²) in [5.41, 5.74) is 6.93. The largest absolute Gasteiger partial charge is 0.487 e. The van der Waals surface area contributed by atoms with Crippen LogP contribution >= 0.6 is 0 Å². The van der Waals surface area contributed by atoms with Crippen molar-refractivity contribution in [3.8, 4) is 11.6 Å². The van der Waals surface area contributed by atoms with Gasteiger partial charge in [0, 0.05) is 6.07 Å². The summed E-state index contributed by atoms with van der Waals surface area (Å²) >= 11 is 0. The number of fused-ring (bicyclic) bond motifs is 1. The molecule has 0 radical (unpaired) electrons. The summed E-state index contributed by atoms with van der Waals surface area (Å²) in [5, 5.41) is 4.53. The van der Waals surface area contributed by atoms with Crippen molar-refractivity contribution in [1.29, 1.82) is 0 Å². The maximum absolute atomic E-state index is 5.88. The van der Waals surface area contributed by atoms with Gasteiger partial charge in [0.25, 0.3) is 5.88 Å². The SMILES string of the molecule is C=CCOc1cc2onc(OCC=C)c2cc1N. The van der Waals surface area contributed by atoms with Crippen molar-refractivity contribution < 1.29 is 14.0 Å². The molecule has 5 nitrogen and oxygen atoms in total. The monoisotopic (exact) mass is 246 g/mol. The minimum atomic E-state index is 0.357. The molecule has 0 fully saturated rings. The first-order valence-electron chi connectivity index (χ1n) is 5.42. The van der Waals surface area contributed by atoms with Crippen LogP contribution in [0.3, 0.4) is 0 Å². The van der Waals surface area contributed by atoms with E-state index in [0.29, 0.717) is 41.5 Å². The van der Waals surface area contributed by atoms with Crippen molar-refractivity contribution in [2.75, 3.05) is 18.9 Å². The summed E-state index contributed by atoms with van der Waals surface area (Å²) < 4.78 is 15.9. The first-order valence-corrected chi connectivity index (χ1v) is 5.42. The Kier molecular flexibility index (Phi) is 3.52. The minimum absolute atomic E-state index is 0.357. The Morgan fingerprint density at radius 3 is 2.67 bits per heavy atom. The second-order valence-corrected chi connectivity index (χ2v) is 3.57. The van der Waals surface area contributed by atoms with Gasteiger partial charge in [-0.25, -0.2) is 0 Å². The summed E-state index contributed by atoms with van der Waals surface area (Å²) in [6.07, 6.45) is 3.27. The van der Waals surface area contributed by atoms with E-state index in [4.69, 9.17) is 19.7 Å². The van der Waals surface area contributed by atoms with Gasteiger partial charge in [0.2, 0.25) is 0 Å². The molecule has 1 aromatic heterocycles. The maximum Gasteiger partial charge on any atom is 0.262 e. The fourth-order valence-corrected chi connectivity index (χ4v) is 1.48. The number of rotatable bonds is 6. The number of nitrogen functional groups attached to an aromatic ring is 1. The highest BCUT2D eigenvalue weighted by atomic mass is 16.5. The number of benzene rings is 1. The fourth-order valence-electron chi connectivity index (χ4n) is 1.48. The summed E-state index contributed by atoms with van der Waals surface area (Å²) in [7, 11) is 0. The Bertz CT molecular complexity index is 575. The lowest BCUT2D eigenvalue weighted by atomic mass is 10.2. The van der Waals surface area contributed by atoms with Gasteiger partial charge in [-0.3, -0.25) is 0 Å². The lowest BCUT2D eigenvalue weighted by Crippen LogP contribution is -1.97. The normalized spacial score (nSPS) is 10.2. The molecule has 1 aromatic carbocycles. The first-order chi connectivity index (χ1) is 8.76. The average Bonchev–Trinajstić information content (AvgIpc) is 2.75. The molecule has 1 heterocycles. The van der Waals surface area contributed by atoms with Crippen LogP contribution in [0.25, 0.3) is 11.0 Å². The van der Waals surface area contributed by atoms with Crippen LogP contribution in [-0.4, -0.2) is 18.4 Å². The molecule has 94 valence electrons. The summed E-state index contributed by atoms with van der Waals surface area (Å²) in [6.45, 7) is 7.88. The van der Waals surface area contributed by atoms with Gasteiger partial charge in [-0.15, -0.1) is 0 Å². The van der Waals surface area contributed by atoms with E-state index < -0.39 is 0 Å². The molecular weight excluding hydrogens is 232 g/mol. The average molecular weight is 246 g/mol. The minimum Gasteiger partial charge on any atom is -0.487 e. The molecule has 5 heteroatoms. The smallest absolute Gasteiger partial charge is 0.262 e. The van der Waals surface area contributed by atoms with Crippen molar-refractivity contribution in [3.63, 3.8) is 0 Å². The number of aromatic nitrogens is 1. The van der Waals surface area contributed by atoms with Crippen LogP contribution in [0, 0.1) is 0 Å². The number of anilines is 1. The predicted octanol–water partition coefficient (Wildman–Crippen LogP) is 2.54. The fraction of sp³-hybridized carbons (Fsp3) is 0.154. The van der Waals surface area contributed by atoms with Crippen LogP contribution in [0.4, 0.5) is 5.69 Å². The van der Waals surface area contributed by atoms with E-state index in [9.17, 15) is 0 Å². The van der Waals surface area contributed by atoms with Gasteiger partial charge in [0.05, 0.1) is 11.1 Å². The van der Waals surface area contributed by atoms with Crippen LogP contribution in [0.5, 0.6) is 11.6 Å². The zero-order valence-electron chi connectivity index (χ0n) is 9.89. The third kappa shape index (κ3) is 2.29. The topological polar surface area (TPSA) is 70.5 Å². The molecule has 18 heavy (non-hydrogen) atoms. The van der Waals surface area contributed by atoms with E-state index in [1.54, 1.807) is 24.3 Å². The van der Waals surface area contributed by atoms with Gasteiger partial charge < -0.3 is 19.7 Å². The molecule has 2 aromatic rings. The molecular formula is C13H14N2O3. The Labute approximate surface area is 104 Å². The summed E-state index contributed by atoms with van der Waals surface area (Å²) in [6, 6.07) is 3.39. The maximum atomic E-state index is 5.88. The van der Waals surface area contributed by atoms with E-state index in [1.165, 1.54) is 0 Å². The van der Waals surface area contributed by atoms with Crippen LogP contribution < -0.4 is 15.2 Å². The molecule has 0 saturated heterocycles. The standard InChI is InChI=1S/C13H14N2O3/c1-3-5-16-12-8-11-9(7-10(12)14)13(15-18-11)17-6-4-2/h3-4,7-8H,1-2,5-6,14H2. The molecule has 0 saturated carbocycles. The molecule has 0 aliphatic rings. The molecule has 2 N–H and O–H groups in total. The second kappa shape index (κ2) is 5.27. The van der Waals surface area contributed by atoms with Gasteiger partial charge >= 0.3 is 0 Å². The van der Waals surface area contributed by atoms with Crippen molar-refractivity contribution in [3.05, 3.63) is 37.4 Å². The highest BCUT2D eigenvalue weighted by Crippen LogP contribution is 2.33. The summed E-state index contributed by atoms with van der Waals surface area (Å²) in [4.78, 5) is 0. The van der Waals surface area contributed by atoms with Crippen LogP contribution in [-0.2, 0) is 0 Å². The van der Waals surface area contributed by atoms with Gasteiger partial charge in [-0.1, -0.05) is 25.3 Å². The Hall–Kier alpha value is -2.43. The van der Waals surface area contributed by atoms with Gasteiger partial charge in [0.15, 0.2) is 5.58 Å². The highest BCUT2D eigenvalue weighted by Gasteiger charge is 2.12. The third-order valence-corrected chi connectivity index (χ3v) is 2.26. The molecule has 2 rings (SSSR count). The third-order valence-electron chi connectivity index (χ3n) is 2.26. The molecule has 0 atom stereocenters. The number of hydrogen-bond acceptors (Lipinski definition) is 5. The summed E-state index contributed by atoms with van der Waals surface area (Å²) in [5.74, 6) is 0.931. The highest BCUT2D eigenvalue weighted by molar-refractivity contribution is 5.87. The Morgan fingerprint density at radius 1 is 1.22 bits per heavy atom.